The third kappa shape index (κ3) is 4.57. The van der Waals surface area contributed by atoms with Crippen molar-refractivity contribution in [3.63, 3.8) is 0 Å². The molecule has 1 amide bonds. The van der Waals surface area contributed by atoms with Gasteiger partial charge in [0, 0.05) is 19.0 Å². The SMILES string of the molecule is O=C(CCNS(=O)(=O)c1cccs1)NC1CCCCC1. The maximum Gasteiger partial charge on any atom is 0.250 e. The average Bonchev–Trinajstić information content (AvgIpc) is 2.94. The van der Waals surface area contributed by atoms with Crippen LogP contribution in [0, 0.1) is 0 Å². The zero-order valence-corrected chi connectivity index (χ0v) is 12.9. The van der Waals surface area contributed by atoms with Gasteiger partial charge in [-0.15, -0.1) is 11.3 Å². The number of carbonyl (C=O) groups is 1. The minimum atomic E-state index is -3.46. The largest absolute Gasteiger partial charge is 0.353 e. The lowest BCUT2D eigenvalue weighted by Gasteiger charge is -2.22. The van der Waals surface area contributed by atoms with Crippen LogP contribution in [0.3, 0.4) is 0 Å². The van der Waals surface area contributed by atoms with E-state index in [1.165, 1.54) is 17.8 Å². The van der Waals surface area contributed by atoms with Gasteiger partial charge in [0.25, 0.3) is 0 Å². The summed E-state index contributed by atoms with van der Waals surface area (Å²) in [5.41, 5.74) is 0. The minimum absolute atomic E-state index is 0.0780. The number of thiophene rings is 1. The number of amides is 1. The highest BCUT2D eigenvalue weighted by molar-refractivity contribution is 7.91. The normalized spacial score (nSPS) is 17.0. The van der Waals surface area contributed by atoms with Crippen molar-refractivity contribution in [2.24, 2.45) is 0 Å². The van der Waals surface area contributed by atoms with Crippen molar-refractivity contribution in [3.8, 4) is 0 Å². The van der Waals surface area contributed by atoms with E-state index in [4.69, 9.17) is 0 Å². The second-order valence-corrected chi connectivity index (χ2v) is 7.92. The van der Waals surface area contributed by atoms with Gasteiger partial charge in [-0.2, -0.15) is 0 Å². The molecule has 0 radical (unpaired) electrons. The Hall–Kier alpha value is -0.920. The Kier molecular flexibility index (Phi) is 5.56. The Balaban J connectivity index is 1.71. The predicted octanol–water partition coefficient (Wildman–Crippen LogP) is 1.87. The van der Waals surface area contributed by atoms with Gasteiger partial charge >= 0.3 is 0 Å². The summed E-state index contributed by atoms with van der Waals surface area (Å²) >= 11 is 1.17. The second kappa shape index (κ2) is 7.19. The number of carbonyl (C=O) groups excluding carboxylic acids is 1. The van der Waals surface area contributed by atoms with Crippen LogP contribution in [0.15, 0.2) is 21.7 Å². The number of sulfonamides is 1. The third-order valence-electron chi connectivity index (χ3n) is 3.37. The molecule has 20 heavy (non-hydrogen) atoms. The maximum absolute atomic E-state index is 11.8. The lowest BCUT2D eigenvalue weighted by Crippen LogP contribution is -2.38. The molecular weight excluding hydrogens is 296 g/mol. The lowest BCUT2D eigenvalue weighted by atomic mass is 9.95. The highest BCUT2D eigenvalue weighted by atomic mass is 32.2. The number of nitrogens with one attached hydrogen (secondary N) is 2. The van der Waals surface area contributed by atoms with Gasteiger partial charge in [0.15, 0.2) is 0 Å². The molecule has 0 saturated heterocycles. The Morgan fingerprint density at radius 1 is 1.30 bits per heavy atom. The summed E-state index contributed by atoms with van der Waals surface area (Å²) in [5, 5.41) is 4.68. The zero-order chi connectivity index (χ0) is 14.4. The average molecular weight is 316 g/mol. The van der Waals surface area contributed by atoms with Crippen LogP contribution in [-0.2, 0) is 14.8 Å². The van der Waals surface area contributed by atoms with Crippen molar-refractivity contribution in [1.29, 1.82) is 0 Å². The van der Waals surface area contributed by atoms with Gasteiger partial charge in [0.05, 0.1) is 0 Å². The van der Waals surface area contributed by atoms with Gasteiger partial charge in [-0.05, 0) is 24.3 Å². The van der Waals surface area contributed by atoms with Crippen LogP contribution in [0.2, 0.25) is 0 Å². The van der Waals surface area contributed by atoms with Gasteiger partial charge in [-0.25, -0.2) is 13.1 Å². The first-order valence-corrected chi connectivity index (χ1v) is 9.27. The molecule has 1 saturated carbocycles. The molecule has 0 aliphatic heterocycles. The molecule has 2 N–H and O–H groups in total. The highest BCUT2D eigenvalue weighted by Gasteiger charge is 2.17. The number of rotatable bonds is 6. The monoisotopic (exact) mass is 316 g/mol. The van der Waals surface area contributed by atoms with Gasteiger partial charge in [0.2, 0.25) is 15.9 Å². The molecule has 0 aromatic carbocycles. The molecular formula is C13H20N2O3S2. The van der Waals surface area contributed by atoms with Crippen molar-refractivity contribution in [3.05, 3.63) is 17.5 Å². The Morgan fingerprint density at radius 2 is 2.05 bits per heavy atom. The van der Waals surface area contributed by atoms with Crippen LogP contribution in [0.1, 0.15) is 38.5 Å². The van der Waals surface area contributed by atoms with Gasteiger partial charge in [0.1, 0.15) is 4.21 Å². The molecule has 0 bridgehead atoms. The quantitative estimate of drug-likeness (QED) is 0.841. The topological polar surface area (TPSA) is 75.3 Å². The van der Waals surface area contributed by atoms with Crippen LogP contribution >= 0.6 is 11.3 Å². The van der Waals surface area contributed by atoms with E-state index in [1.54, 1.807) is 17.5 Å². The summed E-state index contributed by atoms with van der Waals surface area (Å²) in [6, 6.07) is 3.51. The summed E-state index contributed by atoms with van der Waals surface area (Å²) in [6.07, 6.45) is 5.82. The van der Waals surface area contributed by atoms with Crippen molar-refractivity contribution < 1.29 is 13.2 Å². The fourth-order valence-corrected chi connectivity index (χ4v) is 4.40. The summed E-state index contributed by atoms with van der Waals surface area (Å²) in [5.74, 6) is -0.0780. The Labute approximate surface area is 123 Å². The Bertz CT molecular complexity index is 520. The predicted molar refractivity (Wildman–Crippen MR) is 79.1 cm³/mol. The molecule has 0 spiro atoms. The van der Waals surface area contributed by atoms with Crippen molar-refractivity contribution >= 4 is 27.3 Å². The van der Waals surface area contributed by atoms with Crippen LogP contribution in [0.4, 0.5) is 0 Å². The second-order valence-electron chi connectivity index (χ2n) is 4.98. The van der Waals surface area contributed by atoms with E-state index in [1.807, 2.05) is 0 Å². The molecule has 7 heteroatoms. The molecule has 1 aliphatic carbocycles. The van der Waals surface area contributed by atoms with E-state index in [0.29, 0.717) is 0 Å². The third-order valence-corrected chi connectivity index (χ3v) is 6.23. The molecule has 0 unspecified atom stereocenters. The molecule has 1 heterocycles. The first-order valence-electron chi connectivity index (χ1n) is 6.90. The maximum atomic E-state index is 11.8. The fraction of sp³-hybridized carbons (Fsp3) is 0.615. The molecule has 1 aliphatic rings. The van der Waals surface area contributed by atoms with E-state index in [-0.39, 0.29) is 29.1 Å². The summed E-state index contributed by atoms with van der Waals surface area (Å²) < 4.78 is 26.4. The van der Waals surface area contributed by atoms with Crippen LogP contribution in [0.25, 0.3) is 0 Å². The van der Waals surface area contributed by atoms with Crippen LogP contribution in [0.5, 0.6) is 0 Å². The van der Waals surface area contributed by atoms with Crippen LogP contribution in [-0.4, -0.2) is 26.9 Å². The standard InChI is InChI=1S/C13H20N2O3S2/c16-12(15-11-5-2-1-3-6-11)8-9-14-20(17,18)13-7-4-10-19-13/h4,7,10-11,14H,1-3,5-6,8-9H2,(H,15,16). The van der Waals surface area contributed by atoms with Gasteiger partial charge in [-0.1, -0.05) is 25.3 Å². The molecule has 1 aromatic rings. The molecule has 0 atom stereocenters. The van der Waals surface area contributed by atoms with Crippen molar-refractivity contribution in [2.45, 2.75) is 48.8 Å². The minimum Gasteiger partial charge on any atom is -0.353 e. The molecule has 2 rings (SSSR count). The Morgan fingerprint density at radius 3 is 2.70 bits per heavy atom. The highest BCUT2D eigenvalue weighted by Crippen LogP contribution is 2.17. The van der Waals surface area contributed by atoms with E-state index >= 15 is 0 Å². The van der Waals surface area contributed by atoms with E-state index in [0.717, 1.165) is 25.7 Å². The van der Waals surface area contributed by atoms with E-state index in [2.05, 4.69) is 10.0 Å². The molecule has 5 nitrogen and oxygen atoms in total. The molecule has 1 fully saturated rings. The van der Waals surface area contributed by atoms with E-state index in [9.17, 15) is 13.2 Å². The van der Waals surface area contributed by atoms with Crippen molar-refractivity contribution in [2.75, 3.05) is 6.54 Å². The smallest absolute Gasteiger partial charge is 0.250 e. The van der Waals surface area contributed by atoms with E-state index < -0.39 is 10.0 Å². The number of hydrogen-bond donors (Lipinski definition) is 2. The molecule has 1 aromatic heterocycles. The summed E-state index contributed by atoms with van der Waals surface area (Å²) in [6.45, 7) is 0.138. The van der Waals surface area contributed by atoms with Crippen molar-refractivity contribution in [1.82, 2.24) is 10.0 Å². The summed E-state index contributed by atoms with van der Waals surface area (Å²) in [7, 11) is -3.46. The van der Waals surface area contributed by atoms with Crippen LogP contribution < -0.4 is 10.0 Å². The van der Waals surface area contributed by atoms with Gasteiger partial charge in [-0.3, -0.25) is 4.79 Å². The lowest BCUT2D eigenvalue weighted by molar-refractivity contribution is -0.121. The number of hydrogen-bond acceptors (Lipinski definition) is 4. The fourth-order valence-electron chi connectivity index (χ4n) is 2.33. The zero-order valence-electron chi connectivity index (χ0n) is 11.3. The summed E-state index contributed by atoms with van der Waals surface area (Å²) in [4.78, 5) is 11.7. The molecule has 112 valence electrons. The van der Waals surface area contributed by atoms with Gasteiger partial charge < -0.3 is 5.32 Å². The first kappa shape index (κ1) is 15.5. The first-order chi connectivity index (χ1) is 9.58.